The van der Waals surface area contributed by atoms with Crippen LogP contribution in [-0.2, 0) is 11.8 Å². The Labute approximate surface area is 231 Å². The summed E-state index contributed by atoms with van der Waals surface area (Å²) >= 11 is 0. The second kappa shape index (κ2) is 11.6. The van der Waals surface area contributed by atoms with Gasteiger partial charge in [0.15, 0.2) is 11.6 Å². The number of para-hydroxylation sites is 1. The van der Waals surface area contributed by atoms with Crippen molar-refractivity contribution in [2.45, 2.75) is 37.9 Å². The van der Waals surface area contributed by atoms with E-state index in [1.54, 1.807) is 28.7 Å². The summed E-state index contributed by atoms with van der Waals surface area (Å²) in [5.41, 5.74) is 3.69. The van der Waals surface area contributed by atoms with E-state index in [0.29, 0.717) is 30.1 Å². The minimum Gasteiger partial charge on any atom is -0.385 e. The molecule has 4 aromatic rings. The number of benzene rings is 2. The molecule has 1 aliphatic heterocycles. The molecule has 3 atom stereocenters. The molecule has 0 saturated carbocycles. The predicted octanol–water partition coefficient (Wildman–Crippen LogP) is 4.83. The van der Waals surface area contributed by atoms with Gasteiger partial charge < -0.3 is 10.1 Å². The first kappa shape index (κ1) is 27.5. The van der Waals surface area contributed by atoms with Crippen LogP contribution < -0.4 is 10.6 Å². The Morgan fingerprint density at radius 2 is 1.90 bits per heavy atom. The third-order valence-corrected chi connectivity index (χ3v) is 7.51. The summed E-state index contributed by atoms with van der Waals surface area (Å²) in [6.45, 7) is 2.45. The number of carbonyl (C=O) groups is 1. The van der Waals surface area contributed by atoms with Crippen molar-refractivity contribution >= 4 is 11.8 Å². The fourth-order valence-electron chi connectivity index (χ4n) is 5.50. The molecule has 2 aromatic heterocycles. The van der Waals surface area contributed by atoms with E-state index in [4.69, 9.17) is 9.84 Å². The quantitative estimate of drug-likeness (QED) is 0.329. The highest BCUT2D eigenvalue weighted by molar-refractivity contribution is 5.91. The Morgan fingerprint density at radius 1 is 1.12 bits per heavy atom. The molecule has 0 spiro atoms. The van der Waals surface area contributed by atoms with Crippen LogP contribution in [0.25, 0.3) is 16.9 Å². The first-order chi connectivity index (χ1) is 19.3. The molecule has 0 radical (unpaired) electrons. The van der Waals surface area contributed by atoms with Crippen molar-refractivity contribution in [2.75, 3.05) is 26.1 Å². The highest BCUT2D eigenvalue weighted by Crippen LogP contribution is 2.37. The van der Waals surface area contributed by atoms with Crippen LogP contribution in [-0.4, -0.2) is 63.3 Å². The molecule has 0 bridgehead atoms. The van der Waals surface area contributed by atoms with Crippen molar-refractivity contribution in [3.8, 4) is 16.9 Å². The molecule has 2 aromatic carbocycles. The summed E-state index contributed by atoms with van der Waals surface area (Å²) in [4.78, 5) is 15.6. The lowest BCUT2D eigenvalue weighted by atomic mass is 9.99. The number of ether oxygens (including phenoxy) is 1. The highest BCUT2D eigenvalue weighted by atomic mass is 19.2. The highest BCUT2D eigenvalue weighted by Gasteiger charge is 2.40. The summed E-state index contributed by atoms with van der Waals surface area (Å²) in [5, 5.41) is 15.2. The molecular weight excluding hydrogens is 516 g/mol. The Balaban J connectivity index is 1.44. The van der Waals surface area contributed by atoms with Gasteiger partial charge in [0.05, 0.1) is 24.0 Å². The molecule has 2 N–H and O–H groups in total. The molecule has 2 amide bonds. The third-order valence-electron chi connectivity index (χ3n) is 7.51. The van der Waals surface area contributed by atoms with Gasteiger partial charge in [-0.3, -0.25) is 14.9 Å². The zero-order valence-corrected chi connectivity index (χ0v) is 22.9. The molecule has 1 aliphatic rings. The van der Waals surface area contributed by atoms with E-state index in [0.717, 1.165) is 29.3 Å². The summed E-state index contributed by atoms with van der Waals surface area (Å²) < 4.78 is 36.6. The van der Waals surface area contributed by atoms with E-state index in [1.807, 2.05) is 57.5 Å². The Hall–Kier alpha value is -4.09. The fourth-order valence-corrected chi connectivity index (χ4v) is 5.50. The lowest BCUT2D eigenvalue weighted by Crippen LogP contribution is -2.41. The van der Waals surface area contributed by atoms with Gasteiger partial charge in [-0.05, 0) is 56.6 Å². The molecule has 0 aliphatic carbocycles. The van der Waals surface area contributed by atoms with E-state index >= 15 is 0 Å². The van der Waals surface area contributed by atoms with Gasteiger partial charge in [-0.15, -0.1) is 0 Å². The second-order valence-corrected chi connectivity index (χ2v) is 10.1. The molecule has 9 nitrogen and oxygen atoms in total. The molecular formula is C29H33F2N7O2. The number of halogens is 2. The van der Waals surface area contributed by atoms with Crippen LogP contribution in [0, 0.1) is 18.6 Å². The van der Waals surface area contributed by atoms with Crippen molar-refractivity contribution in [2.24, 2.45) is 7.05 Å². The molecule has 210 valence electrons. The molecule has 40 heavy (non-hydrogen) atoms. The molecule has 5 rings (SSSR count). The van der Waals surface area contributed by atoms with Crippen molar-refractivity contribution < 1.29 is 18.3 Å². The van der Waals surface area contributed by atoms with E-state index < -0.39 is 17.7 Å². The van der Waals surface area contributed by atoms with Crippen LogP contribution in [0.2, 0.25) is 0 Å². The number of nitrogens with zero attached hydrogens (tertiary/aromatic N) is 5. The van der Waals surface area contributed by atoms with Gasteiger partial charge in [-0.1, -0.05) is 24.3 Å². The smallest absolute Gasteiger partial charge is 0.320 e. The van der Waals surface area contributed by atoms with Gasteiger partial charge >= 0.3 is 6.03 Å². The average molecular weight is 550 g/mol. The fraction of sp³-hybridized carbons (Fsp3) is 0.345. The maximum Gasteiger partial charge on any atom is 0.320 e. The first-order valence-corrected chi connectivity index (χ1v) is 13.1. The largest absolute Gasteiger partial charge is 0.385 e. The summed E-state index contributed by atoms with van der Waals surface area (Å²) in [6.07, 6.45) is 4.96. The second-order valence-electron chi connectivity index (χ2n) is 10.1. The molecule has 1 fully saturated rings. The number of carbonyl (C=O) groups excluding carboxylic acids is 1. The van der Waals surface area contributed by atoms with E-state index in [9.17, 15) is 13.6 Å². The van der Waals surface area contributed by atoms with Crippen molar-refractivity contribution in [3.63, 3.8) is 0 Å². The minimum absolute atomic E-state index is 0.0807. The molecule has 11 heteroatoms. The zero-order chi connectivity index (χ0) is 28.4. The third kappa shape index (κ3) is 5.47. The molecule has 1 saturated heterocycles. The summed E-state index contributed by atoms with van der Waals surface area (Å²) in [5.74, 6) is -1.30. The normalized spacial score (nSPS) is 19.2. The van der Waals surface area contributed by atoms with Crippen LogP contribution >= 0.6 is 0 Å². The van der Waals surface area contributed by atoms with Crippen LogP contribution in [0.1, 0.15) is 30.0 Å². The van der Waals surface area contributed by atoms with Crippen molar-refractivity contribution in [1.29, 1.82) is 0 Å². The first-order valence-electron chi connectivity index (χ1n) is 13.1. The number of aromatic nitrogens is 4. The number of methoxy groups -OCH3 is 1. The van der Waals surface area contributed by atoms with Crippen molar-refractivity contribution in [3.05, 3.63) is 83.7 Å². The van der Waals surface area contributed by atoms with Crippen molar-refractivity contribution in [1.82, 2.24) is 29.8 Å². The maximum atomic E-state index is 14.2. The number of amides is 2. The molecule has 0 unspecified atom stereocenters. The van der Waals surface area contributed by atoms with Crippen LogP contribution in [0.3, 0.4) is 0 Å². The number of anilines is 1. The SMILES string of the molecule is COCC[C@H]1C[C@@H](NC(=O)Nc2c(C)c(-c3cnn(C)c3)nn2-c2ccccc2)[C@H](c2ccc(F)c(F)c2)N1C. The number of likely N-dealkylation sites (tertiary alicyclic amines) is 1. The van der Waals surface area contributed by atoms with Gasteiger partial charge in [-0.2, -0.15) is 10.2 Å². The lowest BCUT2D eigenvalue weighted by Gasteiger charge is -2.28. The number of aryl methyl sites for hydroxylation is 1. The summed E-state index contributed by atoms with van der Waals surface area (Å²) in [6, 6.07) is 12.4. The van der Waals surface area contributed by atoms with Crippen LogP contribution in [0.4, 0.5) is 19.4 Å². The van der Waals surface area contributed by atoms with Gasteiger partial charge in [0.25, 0.3) is 0 Å². The van der Waals surface area contributed by atoms with E-state index in [1.165, 1.54) is 6.07 Å². The standard InChI is InChI=1S/C29H33F2N7O2/c1-18-26(20-16-32-36(2)17-20)35-38(21-8-6-5-7-9-21)28(18)34-29(39)33-25-15-22(12-13-40-4)37(3)27(25)19-10-11-23(30)24(31)14-19/h5-11,14,16-17,22,25,27H,12-13,15H2,1-4H3,(H2,33,34,39)/t22-,25+,27-/m0/s1. The Morgan fingerprint density at radius 3 is 2.58 bits per heavy atom. The van der Waals surface area contributed by atoms with Crippen LogP contribution in [0.15, 0.2) is 60.9 Å². The van der Waals surface area contributed by atoms with Gasteiger partial charge in [0, 0.05) is 44.1 Å². The molecule has 3 heterocycles. The van der Waals surface area contributed by atoms with Crippen LogP contribution in [0.5, 0.6) is 0 Å². The van der Waals surface area contributed by atoms with Gasteiger partial charge in [0.2, 0.25) is 0 Å². The Kier molecular flexibility index (Phi) is 7.95. The number of hydrogen-bond acceptors (Lipinski definition) is 5. The summed E-state index contributed by atoms with van der Waals surface area (Å²) in [7, 11) is 5.41. The van der Waals surface area contributed by atoms with Gasteiger partial charge in [0.1, 0.15) is 11.5 Å². The predicted molar refractivity (Wildman–Crippen MR) is 148 cm³/mol. The van der Waals surface area contributed by atoms with E-state index in [2.05, 4.69) is 20.6 Å². The Bertz CT molecular complexity index is 1490. The number of likely N-dealkylation sites (N-methyl/N-ethyl adjacent to an activating group) is 1. The van der Waals surface area contributed by atoms with E-state index in [-0.39, 0.29) is 18.1 Å². The number of rotatable bonds is 8. The number of hydrogen-bond donors (Lipinski definition) is 2. The van der Waals surface area contributed by atoms with Gasteiger partial charge in [-0.25, -0.2) is 18.3 Å². The average Bonchev–Trinajstić information content (AvgIpc) is 3.60. The monoisotopic (exact) mass is 549 g/mol. The maximum absolute atomic E-state index is 14.2. The lowest BCUT2D eigenvalue weighted by molar-refractivity contribution is 0.150. The topological polar surface area (TPSA) is 89.2 Å². The minimum atomic E-state index is -0.917. The number of urea groups is 1. The zero-order valence-electron chi connectivity index (χ0n) is 22.9. The number of nitrogens with one attached hydrogen (secondary N) is 2.